The summed E-state index contributed by atoms with van der Waals surface area (Å²) < 4.78 is 15.4. The zero-order valence-electron chi connectivity index (χ0n) is 17.3. The van der Waals surface area contributed by atoms with Crippen LogP contribution in [0.15, 0.2) is 52.4 Å². The van der Waals surface area contributed by atoms with Crippen molar-refractivity contribution in [3.63, 3.8) is 0 Å². The number of ether oxygens (including phenoxy) is 3. The number of nitrogens with one attached hydrogen (secondary N) is 1. The van der Waals surface area contributed by atoms with Gasteiger partial charge in [-0.05, 0) is 66.7 Å². The number of aliphatic imine (C=N–C) groups is 1. The molecular weight excluding hydrogens is 436 g/mol. The lowest BCUT2D eigenvalue weighted by Crippen LogP contribution is -2.19. The van der Waals surface area contributed by atoms with Crippen molar-refractivity contribution in [2.24, 2.45) is 4.99 Å². The van der Waals surface area contributed by atoms with Crippen LogP contribution in [0.3, 0.4) is 0 Å². The first-order valence-corrected chi connectivity index (χ1v) is 10.3. The second-order valence-corrected chi connectivity index (χ2v) is 7.37. The van der Waals surface area contributed by atoms with Crippen molar-refractivity contribution in [2.45, 2.75) is 6.92 Å². The SMILES string of the molecule is CCOC(=O)c1ccc(N=C2NC(=O)/C(=C\c3ccc(OCC(=O)O)c(OC)c3)S2)cc1. The van der Waals surface area contributed by atoms with Crippen molar-refractivity contribution in [3.8, 4) is 11.5 Å². The van der Waals surface area contributed by atoms with E-state index in [-0.39, 0.29) is 11.7 Å². The quantitative estimate of drug-likeness (QED) is 0.458. The van der Waals surface area contributed by atoms with Crippen LogP contribution in [-0.4, -0.2) is 48.4 Å². The van der Waals surface area contributed by atoms with Crippen LogP contribution in [0, 0.1) is 0 Å². The third kappa shape index (κ3) is 5.88. The Morgan fingerprint density at radius 3 is 2.56 bits per heavy atom. The van der Waals surface area contributed by atoms with Gasteiger partial charge < -0.3 is 24.6 Å². The number of hydrogen-bond acceptors (Lipinski definition) is 8. The van der Waals surface area contributed by atoms with Crippen molar-refractivity contribution < 1.29 is 33.7 Å². The van der Waals surface area contributed by atoms with E-state index >= 15 is 0 Å². The molecule has 2 aromatic rings. The molecule has 3 rings (SSSR count). The van der Waals surface area contributed by atoms with Crippen molar-refractivity contribution >= 4 is 46.5 Å². The number of hydrogen-bond donors (Lipinski definition) is 2. The van der Waals surface area contributed by atoms with E-state index in [0.29, 0.717) is 39.2 Å². The van der Waals surface area contributed by atoms with Crippen LogP contribution in [0.1, 0.15) is 22.8 Å². The zero-order valence-corrected chi connectivity index (χ0v) is 18.1. The lowest BCUT2D eigenvalue weighted by molar-refractivity contribution is -0.139. The highest BCUT2D eigenvalue weighted by atomic mass is 32.2. The Morgan fingerprint density at radius 1 is 1.16 bits per heavy atom. The summed E-state index contributed by atoms with van der Waals surface area (Å²) in [5.41, 5.74) is 1.66. The van der Waals surface area contributed by atoms with Gasteiger partial charge in [0, 0.05) is 0 Å². The number of nitrogens with zero attached hydrogens (tertiary/aromatic N) is 1. The van der Waals surface area contributed by atoms with Crippen LogP contribution in [0.25, 0.3) is 6.08 Å². The first-order chi connectivity index (χ1) is 15.4. The standard InChI is InChI=1S/C22H20N2O7S/c1-3-30-21(28)14-5-7-15(8-6-14)23-22-24-20(27)18(32-22)11-13-4-9-16(17(10-13)29-2)31-12-19(25)26/h4-11H,3,12H2,1-2H3,(H,25,26)(H,23,24,27)/b18-11+. The van der Waals surface area contributed by atoms with E-state index in [9.17, 15) is 14.4 Å². The second-order valence-electron chi connectivity index (χ2n) is 6.34. The maximum atomic E-state index is 12.3. The molecule has 2 aromatic carbocycles. The molecule has 0 saturated carbocycles. The number of thioether (sulfide) groups is 1. The fourth-order valence-electron chi connectivity index (χ4n) is 2.67. The van der Waals surface area contributed by atoms with Crippen LogP contribution < -0.4 is 14.8 Å². The second kappa shape index (κ2) is 10.5. The van der Waals surface area contributed by atoms with Gasteiger partial charge in [0.15, 0.2) is 23.3 Å². The van der Waals surface area contributed by atoms with Gasteiger partial charge in [-0.2, -0.15) is 0 Å². The number of benzene rings is 2. The van der Waals surface area contributed by atoms with E-state index in [4.69, 9.17) is 19.3 Å². The van der Waals surface area contributed by atoms with Crippen LogP contribution in [0.5, 0.6) is 11.5 Å². The summed E-state index contributed by atoms with van der Waals surface area (Å²) >= 11 is 1.17. The molecular formula is C22H20N2O7S. The number of rotatable bonds is 8. The third-order valence-corrected chi connectivity index (χ3v) is 5.01. The number of carbonyl (C=O) groups excluding carboxylic acids is 2. The molecule has 166 valence electrons. The molecule has 9 nitrogen and oxygen atoms in total. The predicted octanol–water partition coefficient (Wildman–Crippen LogP) is 3.23. The van der Waals surface area contributed by atoms with E-state index in [1.54, 1.807) is 55.5 Å². The van der Waals surface area contributed by atoms with Gasteiger partial charge in [0.05, 0.1) is 29.9 Å². The largest absolute Gasteiger partial charge is 0.493 e. The van der Waals surface area contributed by atoms with E-state index in [1.807, 2.05) is 0 Å². The molecule has 0 aliphatic carbocycles. The summed E-state index contributed by atoms with van der Waals surface area (Å²) in [4.78, 5) is 39.6. The van der Waals surface area contributed by atoms with Crippen molar-refractivity contribution in [1.29, 1.82) is 0 Å². The number of amidine groups is 1. The minimum absolute atomic E-state index is 0.286. The number of amides is 1. The van der Waals surface area contributed by atoms with E-state index in [2.05, 4.69) is 10.3 Å². The average Bonchev–Trinajstić information content (AvgIpc) is 3.11. The summed E-state index contributed by atoms with van der Waals surface area (Å²) in [5.74, 6) is -1.18. The highest BCUT2D eigenvalue weighted by Gasteiger charge is 2.24. The summed E-state index contributed by atoms with van der Waals surface area (Å²) in [6.07, 6.45) is 1.66. The molecule has 0 radical (unpaired) electrons. The molecule has 1 aliphatic heterocycles. The summed E-state index contributed by atoms with van der Waals surface area (Å²) in [6, 6.07) is 11.4. The molecule has 0 aromatic heterocycles. The van der Waals surface area contributed by atoms with Gasteiger partial charge in [-0.1, -0.05) is 6.07 Å². The maximum absolute atomic E-state index is 12.3. The van der Waals surface area contributed by atoms with Crippen molar-refractivity contribution in [3.05, 3.63) is 58.5 Å². The minimum atomic E-state index is -1.10. The molecule has 0 atom stereocenters. The monoisotopic (exact) mass is 456 g/mol. The van der Waals surface area contributed by atoms with Crippen molar-refractivity contribution in [1.82, 2.24) is 5.32 Å². The van der Waals surface area contributed by atoms with Gasteiger partial charge in [0.2, 0.25) is 0 Å². The lowest BCUT2D eigenvalue weighted by atomic mass is 10.2. The Balaban J connectivity index is 1.73. The third-order valence-electron chi connectivity index (χ3n) is 4.10. The molecule has 32 heavy (non-hydrogen) atoms. The van der Waals surface area contributed by atoms with E-state index in [0.717, 1.165) is 0 Å². The van der Waals surface area contributed by atoms with Crippen LogP contribution in [0.2, 0.25) is 0 Å². The first-order valence-electron chi connectivity index (χ1n) is 9.49. The molecule has 1 aliphatic rings. The Bertz CT molecular complexity index is 1090. The van der Waals surface area contributed by atoms with Crippen LogP contribution in [-0.2, 0) is 14.3 Å². The lowest BCUT2D eigenvalue weighted by Gasteiger charge is -2.09. The van der Waals surface area contributed by atoms with Crippen molar-refractivity contribution in [2.75, 3.05) is 20.3 Å². The molecule has 0 bridgehead atoms. The Kier molecular flexibility index (Phi) is 7.50. The molecule has 1 fully saturated rings. The average molecular weight is 456 g/mol. The smallest absolute Gasteiger partial charge is 0.341 e. The first kappa shape index (κ1) is 22.9. The minimum Gasteiger partial charge on any atom is -0.493 e. The number of aliphatic carboxylic acids is 1. The van der Waals surface area contributed by atoms with E-state index < -0.39 is 18.5 Å². The van der Waals surface area contributed by atoms with Gasteiger partial charge in [0.1, 0.15) is 0 Å². The number of carboxylic acid groups (broad SMARTS) is 1. The number of methoxy groups -OCH3 is 1. The molecule has 0 unspecified atom stereocenters. The molecule has 1 saturated heterocycles. The fraction of sp³-hybridized carbons (Fsp3) is 0.182. The number of carbonyl (C=O) groups is 3. The Labute approximate surface area is 188 Å². The maximum Gasteiger partial charge on any atom is 0.341 e. The molecule has 0 spiro atoms. The van der Waals surface area contributed by atoms with Crippen LogP contribution >= 0.6 is 11.8 Å². The topological polar surface area (TPSA) is 124 Å². The fourth-order valence-corrected chi connectivity index (χ4v) is 3.51. The van der Waals surface area contributed by atoms with Gasteiger partial charge in [-0.3, -0.25) is 4.79 Å². The molecule has 1 amide bonds. The van der Waals surface area contributed by atoms with E-state index in [1.165, 1.54) is 18.9 Å². The van der Waals surface area contributed by atoms with Gasteiger partial charge in [-0.15, -0.1) is 0 Å². The summed E-state index contributed by atoms with van der Waals surface area (Å²) in [6.45, 7) is 1.54. The van der Waals surface area contributed by atoms with Gasteiger partial charge in [-0.25, -0.2) is 14.6 Å². The normalized spacial score (nSPS) is 15.5. The van der Waals surface area contributed by atoms with Gasteiger partial charge in [0.25, 0.3) is 5.91 Å². The predicted molar refractivity (Wildman–Crippen MR) is 119 cm³/mol. The number of esters is 1. The molecule has 10 heteroatoms. The number of carboxylic acids is 1. The zero-order chi connectivity index (χ0) is 23.1. The van der Waals surface area contributed by atoms with Crippen LogP contribution in [0.4, 0.5) is 5.69 Å². The highest BCUT2D eigenvalue weighted by molar-refractivity contribution is 8.18. The highest BCUT2D eigenvalue weighted by Crippen LogP contribution is 2.32. The summed E-state index contributed by atoms with van der Waals surface area (Å²) in [7, 11) is 1.44. The molecule has 1 heterocycles. The Hall–Kier alpha value is -3.79. The summed E-state index contributed by atoms with van der Waals surface area (Å²) in [5, 5.41) is 11.8. The Morgan fingerprint density at radius 2 is 1.91 bits per heavy atom. The molecule has 2 N–H and O–H groups in total. The van der Waals surface area contributed by atoms with Gasteiger partial charge >= 0.3 is 11.9 Å².